The van der Waals surface area contributed by atoms with Crippen molar-refractivity contribution < 1.29 is 14.3 Å². The molecule has 0 bridgehead atoms. The van der Waals surface area contributed by atoms with Crippen LogP contribution in [0.2, 0.25) is 0 Å². The van der Waals surface area contributed by atoms with Crippen LogP contribution in [0.5, 0.6) is 0 Å². The van der Waals surface area contributed by atoms with Crippen LogP contribution < -0.4 is 10.5 Å². The Labute approximate surface area is 149 Å². The number of nitrogens with two attached hydrogens (primary N) is 1. The Kier molecular flexibility index (Phi) is 5.02. The third kappa shape index (κ3) is 3.81. The number of esters is 1. The van der Waals surface area contributed by atoms with Gasteiger partial charge in [0.25, 0.3) is 5.91 Å². The van der Waals surface area contributed by atoms with Gasteiger partial charge in [0.05, 0.1) is 12.7 Å². The lowest BCUT2D eigenvalue weighted by Gasteiger charge is -2.08. The Balaban J connectivity index is 1.82. The molecule has 0 aliphatic carbocycles. The number of nitrogens with one attached hydrogen (secondary N) is 1. The van der Waals surface area contributed by atoms with Crippen LogP contribution in [0.3, 0.4) is 0 Å². The largest absolute Gasteiger partial charge is 0.465 e. The highest BCUT2D eigenvalue weighted by Gasteiger charge is 2.09. The van der Waals surface area contributed by atoms with Crippen LogP contribution in [0, 0.1) is 0 Å². The Bertz CT molecular complexity index is 939. The van der Waals surface area contributed by atoms with E-state index in [4.69, 9.17) is 9.88 Å². The molecule has 0 radical (unpaired) electrons. The molecule has 6 heteroatoms. The summed E-state index contributed by atoms with van der Waals surface area (Å²) in [6.45, 7) is 0. The van der Waals surface area contributed by atoms with Gasteiger partial charge in [-0.25, -0.2) is 4.79 Å². The first-order chi connectivity index (χ1) is 12.1. The molecule has 5 nitrogen and oxygen atoms in total. The molecule has 3 aromatic rings. The van der Waals surface area contributed by atoms with E-state index in [1.54, 1.807) is 42.5 Å². The van der Waals surface area contributed by atoms with Gasteiger partial charge in [0.15, 0.2) is 0 Å². The van der Waals surface area contributed by atoms with Crippen LogP contribution in [-0.2, 0) is 4.74 Å². The highest BCUT2D eigenvalue weighted by molar-refractivity contribution is 7.97. The number of amides is 1. The minimum Gasteiger partial charge on any atom is -0.465 e. The lowest BCUT2D eigenvalue weighted by Crippen LogP contribution is -2.11. The van der Waals surface area contributed by atoms with Crippen molar-refractivity contribution in [1.29, 1.82) is 0 Å². The number of hydrogen-bond acceptors (Lipinski definition) is 5. The lowest BCUT2D eigenvalue weighted by atomic mass is 10.0. The molecule has 0 heterocycles. The van der Waals surface area contributed by atoms with Crippen molar-refractivity contribution in [2.24, 2.45) is 5.14 Å². The third-order valence-electron chi connectivity index (χ3n) is 3.77. The average molecular weight is 352 g/mol. The van der Waals surface area contributed by atoms with E-state index in [-0.39, 0.29) is 11.9 Å². The number of hydrogen-bond donors (Lipinski definition) is 2. The molecule has 0 spiro atoms. The Morgan fingerprint density at radius 2 is 1.52 bits per heavy atom. The molecule has 25 heavy (non-hydrogen) atoms. The standard InChI is InChI=1S/C19H16N2O3S/c1-24-19(23)15-5-3-12-10-14(4-2-13(12)11-15)18(22)21-16-6-8-17(25-20)9-7-16/h2-11H,20H2,1H3,(H,21,22). The van der Waals surface area contributed by atoms with Crippen molar-refractivity contribution in [3.8, 4) is 0 Å². The molecule has 0 saturated carbocycles. The number of benzene rings is 3. The first-order valence-electron chi connectivity index (χ1n) is 7.51. The summed E-state index contributed by atoms with van der Waals surface area (Å²) < 4.78 is 4.72. The van der Waals surface area contributed by atoms with Crippen molar-refractivity contribution >= 4 is 40.3 Å². The van der Waals surface area contributed by atoms with Gasteiger partial charge in [0.2, 0.25) is 0 Å². The zero-order valence-corrected chi connectivity index (χ0v) is 14.3. The zero-order valence-electron chi connectivity index (χ0n) is 13.5. The van der Waals surface area contributed by atoms with Gasteiger partial charge in [-0.3, -0.25) is 9.93 Å². The molecular formula is C19H16N2O3S. The minimum absolute atomic E-state index is 0.202. The van der Waals surface area contributed by atoms with E-state index in [1.807, 2.05) is 18.2 Å². The van der Waals surface area contributed by atoms with Gasteiger partial charge in [-0.05, 0) is 71.3 Å². The maximum atomic E-state index is 12.4. The van der Waals surface area contributed by atoms with Gasteiger partial charge in [-0.1, -0.05) is 12.1 Å². The van der Waals surface area contributed by atoms with Gasteiger partial charge in [-0.2, -0.15) is 0 Å². The van der Waals surface area contributed by atoms with Crippen molar-refractivity contribution in [3.05, 3.63) is 71.8 Å². The average Bonchev–Trinajstić information content (AvgIpc) is 2.67. The van der Waals surface area contributed by atoms with Crippen molar-refractivity contribution in [1.82, 2.24) is 0 Å². The van der Waals surface area contributed by atoms with Crippen LogP contribution in [0.1, 0.15) is 20.7 Å². The molecule has 0 aliphatic rings. The van der Waals surface area contributed by atoms with Crippen LogP contribution >= 0.6 is 11.9 Å². The summed E-state index contributed by atoms with van der Waals surface area (Å²) in [7, 11) is 1.35. The molecule has 0 aromatic heterocycles. The van der Waals surface area contributed by atoms with E-state index in [0.29, 0.717) is 16.8 Å². The summed E-state index contributed by atoms with van der Waals surface area (Å²) in [5, 5.41) is 10.1. The van der Waals surface area contributed by atoms with Crippen molar-refractivity contribution in [3.63, 3.8) is 0 Å². The van der Waals surface area contributed by atoms with Crippen LogP contribution in [0.4, 0.5) is 5.69 Å². The lowest BCUT2D eigenvalue weighted by molar-refractivity contribution is 0.0600. The van der Waals surface area contributed by atoms with E-state index in [0.717, 1.165) is 27.6 Å². The van der Waals surface area contributed by atoms with Crippen LogP contribution in [0.15, 0.2) is 65.6 Å². The summed E-state index contributed by atoms with van der Waals surface area (Å²) in [5.41, 5.74) is 1.71. The van der Waals surface area contributed by atoms with E-state index < -0.39 is 0 Å². The monoisotopic (exact) mass is 352 g/mol. The molecule has 1 amide bonds. The molecule has 0 fully saturated rings. The highest BCUT2D eigenvalue weighted by Crippen LogP contribution is 2.20. The quantitative estimate of drug-likeness (QED) is 0.551. The van der Waals surface area contributed by atoms with Gasteiger partial charge in [0, 0.05) is 16.1 Å². The molecule has 0 saturated heterocycles. The Morgan fingerprint density at radius 3 is 2.12 bits per heavy atom. The molecule has 126 valence electrons. The van der Waals surface area contributed by atoms with E-state index in [9.17, 15) is 9.59 Å². The predicted octanol–water partition coefficient (Wildman–Crippen LogP) is 3.84. The maximum Gasteiger partial charge on any atom is 0.337 e. The number of ether oxygens (including phenoxy) is 1. The van der Waals surface area contributed by atoms with Gasteiger partial charge >= 0.3 is 5.97 Å². The van der Waals surface area contributed by atoms with E-state index in [1.165, 1.54) is 7.11 Å². The predicted molar refractivity (Wildman–Crippen MR) is 99.7 cm³/mol. The molecule has 3 aromatic carbocycles. The number of rotatable bonds is 4. The van der Waals surface area contributed by atoms with Crippen molar-refractivity contribution in [2.75, 3.05) is 12.4 Å². The van der Waals surface area contributed by atoms with Gasteiger partial charge < -0.3 is 10.1 Å². The van der Waals surface area contributed by atoms with Gasteiger partial charge in [-0.15, -0.1) is 0 Å². The Morgan fingerprint density at radius 1 is 0.920 bits per heavy atom. The molecule has 0 atom stereocenters. The number of carbonyl (C=O) groups is 2. The smallest absolute Gasteiger partial charge is 0.337 e. The third-order valence-corrected chi connectivity index (χ3v) is 4.32. The first-order valence-corrected chi connectivity index (χ1v) is 8.39. The number of anilines is 1. The summed E-state index contributed by atoms with van der Waals surface area (Å²) >= 11 is 1.15. The van der Waals surface area contributed by atoms with E-state index >= 15 is 0 Å². The second-order valence-corrected chi connectivity index (χ2v) is 6.07. The highest BCUT2D eigenvalue weighted by atomic mass is 32.2. The molecule has 0 unspecified atom stereocenters. The first kappa shape index (κ1) is 17.0. The van der Waals surface area contributed by atoms with Crippen LogP contribution in [-0.4, -0.2) is 19.0 Å². The fourth-order valence-corrected chi connectivity index (χ4v) is 2.75. The van der Waals surface area contributed by atoms with Crippen molar-refractivity contribution in [2.45, 2.75) is 4.90 Å². The maximum absolute atomic E-state index is 12.4. The summed E-state index contributed by atoms with van der Waals surface area (Å²) in [4.78, 5) is 24.9. The fraction of sp³-hybridized carbons (Fsp3) is 0.0526. The number of carbonyl (C=O) groups excluding carboxylic acids is 2. The topological polar surface area (TPSA) is 81.4 Å². The zero-order chi connectivity index (χ0) is 17.8. The fourth-order valence-electron chi connectivity index (χ4n) is 2.45. The molecule has 3 N–H and O–H groups in total. The number of fused-ring (bicyclic) bond motifs is 1. The van der Waals surface area contributed by atoms with E-state index in [2.05, 4.69) is 5.32 Å². The van der Waals surface area contributed by atoms with Gasteiger partial charge in [0.1, 0.15) is 0 Å². The number of methoxy groups -OCH3 is 1. The normalized spacial score (nSPS) is 10.5. The second-order valence-electron chi connectivity index (χ2n) is 5.36. The van der Waals surface area contributed by atoms with Crippen LogP contribution in [0.25, 0.3) is 10.8 Å². The molecule has 3 rings (SSSR count). The Hall–Kier alpha value is -2.83. The molecule has 0 aliphatic heterocycles. The molecular weight excluding hydrogens is 336 g/mol. The summed E-state index contributed by atoms with van der Waals surface area (Å²) in [6, 6.07) is 17.8. The second kappa shape index (κ2) is 7.38. The minimum atomic E-state index is -0.386. The SMILES string of the molecule is COC(=O)c1ccc2cc(C(=O)Nc3ccc(SN)cc3)ccc2c1. The summed E-state index contributed by atoms with van der Waals surface area (Å²) in [5.74, 6) is -0.588. The summed E-state index contributed by atoms with van der Waals surface area (Å²) in [6.07, 6.45) is 0.